The summed E-state index contributed by atoms with van der Waals surface area (Å²) in [4.78, 5) is 22.9. The van der Waals surface area contributed by atoms with E-state index in [0.29, 0.717) is 11.3 Å². The number of amides is 1. The zero-order chi connectivity index (χ0) is 19.6. The number of anilines is 1. The average Bonchev–Trinajstić information content (AvgIpc) is 2.97. The second kappa shape index (κ2) is 7.60. The number of nitrogens with zero attached hydrogens (tertiary/aromatic N) is 4. The van der Waals surface area contributed by atoms with E-state index in [1.165, 1.54) is 24.3 Å². The molecule has 0 spiro atoms. The second-order valence-electron chi connectivity index (χ2n) is 5.29. The average molecular weight is 447 g/mol. The van der Waals surface area contributed by atoms with Crippen molar-refractivity contribution in [1.82, 2.24) is 5.01 Å². The summed E-state index contributed by atoms with van der Waals surface area (Å²) in [5.41, 5.74) is 9.52. The lowest BCUT2D eigenvalue weighted by Gasteiger charge is -2.07. The third-order valence-corrected chi connectivity index (χ3v) is 4.17. The highest BCUT2D eigenvalue weighted by Gasteiger charge is 2.34. The van der Waals surface area contributed by atoms with Gasteiger partial charge in [0.25, 0.3) is 5.69 Å². The Bertz CT molecular complexity index is 1010. The molecule has 3 N–H and O–H groups in total. The van der Waals surface area contributed by atoms with Crippen LogP contribution in [0.1, 0.15) is 5.56 Å². The van der Waals surface area contributed by atoms with Crippen LogP contribution in [-0.4, -0.2) is 32.4 Å². The molecule has 2 aromatic rings. The van der Waals surface area contributed by atoms with Crippen LogP contribution in [0.25, 0.3) is 0 Å². The summed E-state index contributed by atoms with van der Waals surface area (Å²) in [6, 6.07) is 12.8. The molecule has 0 fully saturated rings. The zero-order valence-corrected chi connectivity index (χ0v) is 15.9. The summed E-state index contributed by atoms with van der Waals surface area (Å²) in [7, 11) is 0. The lowest BCUT2D eigenvalue weighted by Crippen LogP contribution is -2.36. The number of nitro groups is 1. The van der Waals surface area contributed by atoms with E-state index in [1.54, 1.807) is 18.2 Å². The van der Waals surface area contributed by atoms with Crippen molar-refractivity contribution in [2.45, 2.75) is 0 Å². The van der Waals surface area contributed by atoms with Gasteiger partial charge in [0.15, 0.2) is 10.8 Å². The Morgan fingerprint density at radius 1 is 1.30 bits per heavy atom. The van der Waals surface area contributed by atoms with Crippen molar-refractivity contribution in [3.63, 3.8) is 0 Å². The summed E-state index contributed by atoms with van der Waals surface area (Å²) in [5, 5.41) is 19.7. The van der Waals surface area contributed by atoms with Gasteiger partial charge in [0, 0.05) is 22.2 Å². The number of non-ortho nitro benzene ring substituents is 1. The van der Waals surface area contributed by atoms with Gasteiger partial charge >= 0.3 is 5.91 Å². The van der Waals surface area contributed by atoms with E-state index in [-0.39, 0.29) is 22.2 Å². The van der Waals surface area contributed by atoms with Crippen molar-refractivity contribution in [3.8, 4) is 0 Å². The smallest absolute Gasteiger partial charge is 0.303 e. The van der Waals surface area contributed by atoms with Crippen LogP contribution >= 0.6 is 28.1 Å². The first kappa shape index (κ1) is 18.6. The minimum absolute atomic E-state index is 0.0170. The molecule has 2 aromatic carbocycles. The predicted octanol–water partition coefficient (Wildman–Crippen LogP) is 2.62. The number of hydrogen-bond donors (Lipinski definition) is 2. The molecular weight excluding hydrogens is 436 g/mol. The summed E-state index contributed by atoms with van der Waals surface area (Å²) in [6.45, 7) is 0. The van der Waals surface area contributed by atoms with Gasteiger partial charge in [-0.15, -0.1) is 0 Å². The van der Waals surface area contributed by atoms with Crippen molar-refractivity contribution < 1.29 is 9.72 Å². The summed E-state index contributed by atoms with van der Waals surface area (Å²) in [5.74, 6) is -0.599. The van der Waals surface area contributed by atoms with Crippen LogP contribution in [0.4, 0.5) is 11.4 Å². The largest absolute Gasteiger partial charge is 0.374 e. The van der Waals surface area contributed by atoms with Gasteiger partial charge in [0.2, 0.25) is 0 Å². The lowest BCUT2D eigenvalue weighted by molar-refractivity contribution is -0.384. The van der Waals surface area contributed by atoms with Crippen LogP contribution in [-0.2, 0) is 4.79 Å². The first-order chi connectivity index (χ1) is 12.9. The molecule has 11 heteroatoms. The van der Waals surface area contributed by atoms with Crippen LogP contribution in [0.5, 0.6) is 0 Å². The number of carbonyl (C=O) groups excluding carboxylic acids is 1. The number of hydrogen-bond acceptors (Lipinski definition) is 7. The van der Waals surface area contributed by atoms with E-state index < -0.39 is 10.8 Å². The summed E-state index contributed by atoms with van der Waals surface area (Å²) in [6.07, 6.45) is 0. The normalized spacial score (nSPS) is 15.0. The monoisotopic (exact) mass is 446 g/mol. The fraction of sp³-hybridized carbons (Fsp3) is 0. The Labute approximate surface area is 166 Å². The van der Waals surface area contributed by atoms with Crippen molar-refractivity contribution in [1.29, 1.82) is 0 Å². The molecule has 0 radical (unpaired) electrons. The first-order valence-electron chi connectivity index (χ1n) is 7.44. The number of benzene rings is 2. The standard InChI is InChI=1S/C16H11BrN6O3S/c17-10-2-1-3-11(8-10)19-20-14-13(21-22(15(14)24)16(18)27)9-4-6-12(7-5-9)23(25)26/h1-8,19H,(H2,18,27)/b20-14+. The van der Waals surface area contributed by atoms with Crippen molar-refractivity contribution in [2.75, 3.05) is 5.43 Å². The minimum Gasteiger partial charge on any atom is -0.374 e. The van der Waals surface area contributed by atoms with Crippen LogP contribution in [0.15, 0.2) is 63.2 Å². The molecule has 0 aromatic heterocycles. The molecule has 3 rings (SSSR count). The number of thiocarbonyl (C=S) groups is 1. The highest BCUT2D eigenvalue weighted by atomic mass is 79.9. The Hall–Kier alpha value is -3.18. The van der Waals surface area contributed by atoms with Gasteiger partial charge in [0.05, 0.1) is 10.6 Å². The van der Waals surface area contributed by atoms with E-state index in [1.807, 2.05) is 6.07 Å². The van der Waals surface area contributed by atoms with Crippen LogP contribution in [0.2, 0.25) is 0 Å². The molecule has 0 unspecified atom stereocenters. The van der Waals surface area contributed by atoms with E-state index in [4.69, 9.17) is 18.0 Å². The maximum Gasteiger partial charge on any atom is 0.303 e. The highest BCUT2D eigenvalue weighted by molar-refractivity contribution is 9.10. The van der Waals surface area contributed by atoms with Gasteiger partial charge in [-0.1, -0.05) is 22.0 Å². The molecule has 0 saturated carbocycles. The van der Waals surface area contributed by atoms with E-state index in [2.05, 4.69) is 31.6 Å². The van der Waals surface area contributed by atoms with Gasteiger partial charge < -0.3 is 5.73 Å². The summed E-state index contributed by atoms with van der Waals surface area (Å²) >= 11 is 8.19. The quantitative estimate of drug-likeness (QED) is 0.422. The second-order valence-corrected chi connectivity index (χ2v) is 6.62. The van der Waals surface area contributed by atoms with Crippen molar-refractivity contribution in [3.05, 3.63) is 68.7 Å². The first-order valence-corrected chi connectivity index (χ1v) is 8.64. The van der Waals surface area contributed by atoms with Gasteiger partial charge in [-0.05, 0) is 42.5 Å². The van der Waals surface area contributed by atoms with Gasteiger partial charge in [0.1, 0.15) is 5.71 Å². The molecule has 0 atom stereocenters. The SMILES string of the molecule is NC(=S)N1N=C(c2ccc([N+](=O)[O-])cc2)/C(=N\Nc2cccc(Br)c2)C1=O. The number of nitrogens with one attached hydrogen (secondary N) is 1. The molecule has 0 aliphatic carbocycles. The number of nitrogens with two attached hydrogens (primary N) is 1. The van der Waals surface area contributed by atoms with E-state index in [9.17, 15) is 14.9 Å². The maximum atomic E-state index is 12.5. The number of carbonyl (C=O) groups is 1. The zero-order valence-electron chi connectivity index (χ0n) is 13.5. The predicted molar refractivity (Wildman–Crippen MR) is 108 cm³/mol. The topological polar surface area (TPSA) is 126 Å². The Balaban J connectivity index is 1.97. The number of halogens is 1. The van der Waals surface area contributed by atoms with Crippen molar-refractivity contribution >= 4 is 62.0 Å². The van der Waals surface area contributed by atoms with Crippen LogP contribution < -0.4 is 11.2 Å². The highest BCUT2D eigenvalue weighted by Crippen LogP contribution is 2.19. The molecule has 9 nitrogen and oxygen atoms in total. The molecule has 1 amide bonds. The van der Waals surface area contributed by atoms with Crippen LogP contribution in [0, 0.1) is 10.1 Å². The van der Waals surface area contributed by atoms with Gasteiger partial charge in [-0.2, -0.15) is 15.2 Å². The van der Waals surface area contributed by atoms with E-state index >= 15 is 0 Å². The Morgan fingerprint density at radius 3 is 2.59 bits per heavy atom. The molecule has 27 heavy (non-hydrogen) atoms. The third-order valence-electron chi connectivity index (χ3n) is 3.50. The molecule has 1 heterocycles. The molecule has 136 valence electrons. The molecule has 1 aliphatic rings. The van der Waals surface area contributed by atoms with E-state index in [0.717, 1.165) is 9.48 Å². The van der Waals surface area contributed by atoms with Gasteiger partial charge in [-0.3, -0.25) is 20.3 Å². The molecule has 1 aliphatic heterocycles. The Kier molecular flexibility index (Phi) is 5.23. The Morgan fingerprint density at radius 2 is 2.00 bits per heavy atom. The number of hydrazone groups is 2. The van der Waals surface area contributed by atoms with Crippen LogP contribution in [0.3, 0.4) is 0 Å². The van der Waals surface area contributed by atoms with Gasteiger partial charge in [-0.25, -0.2) is 0 Å². The minimum atomic E-state index is -0.599. The molecule has 0 bridgehead atoms. The number of nitro benzene ring substituents is 1. The van der Waals surface area contributed by atoms with Crippen molar-refractivity contribution in [2.24, 2.45) is 15.9 Å². The molecular formula is C16H11BrN6O3S. The third kappa shape index (κ3) is 3.99. The fourth-order valence-corrected chi connectivity index (χ4v) is 2.78. The fourth-order valence-electron chi connectivity index (χ4n) is 2.26. The lowest BCUT2D eigenvalue weighted by atomic mass is 10.1. The molecule has 0 saturated heterocycles. The number of rotatable bonds is 4. The summed E-state index contributed by atoms with van der Waals surface area (Å²) < 4.78 is 0.833. The maximum absolute atomic E-state index is 12.5.